The Morgan fingerprint density at radius 1 is 0.952 bits per heavy atom. The molecular weight excluding hydrogens is 441 g/mol. The molecule has 3 nitrogen and oxygen atoms in total. The van der Waals surface area contributed by atoms with Crippen LogP contribution in [0.5, 0.6) is 0 Å². The molecule has 0 atom stereocenters. The highest BCUT2D eigenvalue weighted by Gasteiger charge is 1.99. The van der Waals surface area contributed by atoms with E-state index in [0.29, 0.717) is 0 Å². The fourth-order valence-corrected chi connectivity index (χ4v) is 2.28. The summed E-state index contributed by atoms with van der Waals surface area (Å²) in [6, 6.07) is 18.5. The Labute approximate surface area is 151 Å². The third kappa shape index (κ3) is 6.48. The van der Waals surface area contributed by atoms with Crippen LogP contribution in [0.2, 0.25) is 0 Å². The van der Waals surface area contributed by atoms with Crippen molar-refractivity contribution in [2.75, 3.05) is 7.05 Å². The highest BCUT2D eigenvalue weighted by atomic mass is 127. The van der Waals surface area contributed by atoms with E-state index in [9.17, 15) is 0 Å². The van der Waals surface area contributed by atoms with Crippen molar-refractivity contribution in [2.24, 2.45) is 4.99 Å². The molecule has 0 aliphatic carbocycles. The van der Waals surface area contributed by atoms with Gasteiger partial charge in [0.1, 0.15) is 0 Å². The average molecular weight is 460 g/mol. The van der Waals surface area contributed by atoms with Crippen LogP contribution in [0.1, 0.15) is 11.1 Å². The fourth-order valence-electron chi connectivity index (χ4n) is 1.83. The number of hydrogen-bond donors (Lipinski definition) is 2. The van der Waals surface area contributed by atoms with Crippen molar-refractivity contribution in [1.82, 2.24) is 10.6 Å². The lowest BCUT2D eigenvalue weighted by Gasteiger charge is -2.12. The highest BCUT2D eigenvalue weighted by molar-refractivity contribution is 14.0. The number of nitrogens with zero attached hydrogens (tertiary/aromatic N) is 1. The molecule has 21 heavy (non-hydrogen) atoms. The normalized spacial score (nSPS) is 10.7. The second-order valence-electron chi connectivity index (χ2n) is 4.39. The van der Waals surface area contributed by atoms with Gasteiger partial charge in [-0.3, -0.25) is 4.99 Å². The summed E-state index contributed by atoms with van der Waals surface area (Å²) in [6.07, 6.45) is 0. The molecule has 0 radical (unpaired) electrons. The number of guanidine groups is 1. The van der Waals surface area contributed by atoms with Crippen molar-refractivity contribution in [3.8, 4) is 0 Å². The van der Waals surface area contributed by atoms with Crippen LogP contribution >= 0.6 is 39.9 Å². The van der Waals surface area contributed by atoms with E-state index in [1.807, 2.05) is 30.3 Å². The van der Waals surface area contributed by atoms with Crippen LogP contribution in [0, 0.1) is 0 Å². The van der Waals surface area contributed by atoms with Gasteiger partial charge in [-0.2, -0.15) is 0 Å². The van der Waals surface area contributed by atoms with E-state index >= 15 is 0 Å². The first-order chi connectivity index (χ1) is 9.78. The van der Waals surface area contributed by atoms with Crippen molar-refractivity contribution in [3.63, 3.8) is 0 Å². The molecule has 0 unspecified atom stereocenters. The Morgan fingerprint density at radius 3 is 2.19 bits per heavy atom. The van der Waals surface area contributed by atoms with E-state index in [4.69, 9.17) is 0 Å². The standard InChI is InChI=1S/C16H18BrN3.HI/c1-18-16(19-11-13-6-3-2-4-7-13)20-12-14-8-5-9-15(17)10-14;/h2-10H,11-12H2,1H3,(H2,18,19,20);1H. The van der Waals surface area contributed by atoms with Gasteiger partial charge in [-0.15, -0.1) is 24.0 Å². The van der Waals surface area contributed by atoms with E-state index in [0.717, 1.165) is 23.5 Å². The molecule has 2 rings (SSSR count). The molecule has 112 valence electrons. The molecule has 2 aromatic rings. The number of halogens is 2. The Bertz CT molecular complexity index is 573. The number of rotatable bonds is 4. The van der Waals surface area contributed by atoms with Crippen molar-refractivity contribution in [3.05, 3.63) is 70.2 Å². The van der Waals surface area contributed by atoms with Gasteiger partial charge in [-0.25, -0.2) is 0 Å². The van der Waals surface area contributed by atoms with Gasteiger partial charge < -0.3 is 10.6 Å². The maximum Gasteiger partial charge on any atom is 0.191 e. The molecule has 0 saturated heterocycles. The Kier molecular flexibility index (Phi) is 8.37. The lowest BCUT2D eigenvalue weighted by Crippen LogP contribution is -2.36. The number of hydrogen-bond acceptors (Lipinski definition) is 1. The molecule has 0 bridgehead atoms. The van der Waals surface area contributed by atoms with E-state index in [2.05, 4.69) is 55.8 Å². The summed E-state index contributed by atoms with van der Waals surface area (Å²) in [7, 11) is 1.78. The van der Waals surface area contributed by atoms with Gasteiger partial charge in [0.25, 0.3) is 0 Å². The maximum absolute atomic E-state index is 4.22. The minimum Gasteiger partial charge on any atom is -0.352 e. The van der Waals surface area contributed by atoms with Crippen LogP contribution in [0.3, 0.4) is 0 Å². The molecule has 0 heterocycles. The molecule has 2 aromatic carbocycles. The zero-order chi connectivity index (χ0) is 14.2. The molecule has 2 N–H and O–H groups in total. The Hall–Kier alpha value is -1.08. The van der Waals surface area contributed by atoms with Crippen LogP contribution in [0.15, 0.2) is 64.1 Å². The van der Waals surface area contributed by atoms with Crippen LogP contribution in [0.25, 0.3) is 0 Å². The minimum atomic E-state index is 0. The van der Waals surface area contributed by atoms with Crippen LogP contribution in [-0.2, 0) is 13.1 Å². The van der Waals surface area contributed by atoms with E-state index in [1.54, 1.807) is 7.05 Å². The Morgan fingerprint density at radius 2 is 1.57 bits per heavy atom. The first kappa shape index (κ1) is 18.0. The van der Waals surface area contributed by atoms with Crippen molar-refractivity contribution in [1.29, 1.82) is 0 Å². The summed E-state index contributed by atoms with van der Waals surface area (Å²) in [6.45, 7) is 1.51. The number of nitrogens with one attached hydrogen (secondary N) is 2. The highest BCUT2D eigenvalue weighted by Crippen LogP contribution is 2.11. The van der Waals surface area contributed by atoms with Gasteiger partial charge in [-0.1, -0.05) is 58.4 Å². The molecular formula is C16H19BrIN3. The van der Waals surface area contributed by atoms with Crippen LogP contribution in [-0.4, -0.2) is 13.0 Å². The molecule has 0 saturated carbocycles. The van der Waals surface area contributed by atoms with E-state index < -0.39 is 0 Å². The topological polar surface area (TPSA) is 36.4 Å². The molecule has 5 heteroatoms. The second kappa shape index (κ2) is 9.78. The fraction of sp³-hybridized carbons (Fsp3) is 0.188. The molecule has 0 amide bonds. The van der Waals surface area contributed by atoms with Gasteiger partial charge in [-0.05, 0) is 23.3 Å². The van der Waals surface area contributed by atoms with Gasteiger partial charge in [0, 0.05) is 24.6 Å². The minimum absolute atomic E-state index is 0. The zero-order valence-corrected chi connectivity index (χ0v) is 15.8. The van der Waals surface area contributed by atoms with E-state index in [1.165, 1.54) is 11.1 Å². The molecule has 0 aromatic heterocycles. The van der Waals surface area contributed by atoms with Crippen LogP contribution in [0.4, 0.5) is 0 Å². The largest absolute Gasteiger partial charge is 0.352 e. The smallest absolute Gasteiger partial charge is 0.191 e. The van der Waals surface area contributed by atoms with Gasteiger partial charge in [0.15, 0.2) is 5.96 Å². The first-order valence-corrected chi connectivity index (χ1v) is 7.30. The van der Waals surface area contributed by atoms with Gasteiger partial charge >= 0.3 is 0 Å². The summed E-state index contributed by atoms with van der Waals surface area (Å²) in [5, 5.41) is 6.60. The molecule has 0 aliphatic rings. The second-order valence-corrected chi connectivity index (χ2v) is 5.31. The molecule has 0 aliphatic heterocycles. The van der Waals surface area contributed by atoms with Crippen LogP contribution < -0.4 is 10.6 Å². The van der Waals surface area contributed by atoms with E-state index in [-0.39, 0.29) is 24.0 Å². The molecule has 0 fully saturated rings. The van der Waals surface area contributed by atoms with Gasteiger partial charge in [0.05, 0.1) is 0 Å². The first-order valence-electron chi connectivity index (χ1n) is 6.51. The predicted molar refractivity (Wildman–Crippen MR) is 103 cm³/mol. The average Bonchev–Trinajstić information content (AvgIpc) is 2.48. The summed E-state index contributed by atoms with van der Waals surface area (Å²) < 4.78 is 1.09. The maximum atomic E-state index is 4.22. The number of aliphatic imine (C=N–C) groups is 1. The van der Waals surface area contributed by atoms with Crippen molar-refractivity contribution < 1.29 is 0 Å². The van der Waals surface area contributed by atoms with Crippen molar-refractivity contribution >= 4 is 45.9 Å². The Balaban J connectivity index is 0.00000220. The summed E-state index contributed by atoms with van der Waals surface area (Å²) >= 11 is 3.47. The summed E-state index contributed by atoms with van der Waals surface area (Å²) in [5.41, 5.74) is 2.44. The van der Waals surface area contributed by atoms with Crippen molar-refractivity contribution in [2.45, 2.75) is 13.1 Å². The molecule has 0 spiro atoms. The lowest BCUT2D eigenvalue weighted by atomic mass is 10.2. The monoisotopic (exact) mass is 459 g/mol. The third-order valence-electron chi connectivity index (χ3n) is 2.88. The van der Waals surface area contributed by atoms with Gasteiger partial charge in [0.2, 0.25) is 0 Å². The predicted octanol–water partition coefficient (Wildman–Crippen LogP) is 3.93. The SMILES string of the molecule is CN=C(NCc1ccccc1)NCc1cccc(Br)c1.I. The quantitative estimate of drug-likeness (QED) is 0.413. The number of benzene rings is 2. The summed E-state index contributed by atoms with van der Waals surface area (Å²) in [5.74, 6) is 0.800. The lowest BCUT2D eigenvalue weighted by molar-refractivity contribution is 0.809. The third-order valence-corrected chi connectivity index (χ3v) is 3.37. The zero-order valence-electron chi connectivity index (χ0n) is 11.8. The summed E-state index contributed by atoms with van der Waals surface area (Å²) in [4.78, 5) is 4.22.